The van der Waals surface area contributed by atoms with Crippen molar-refractivity contribution in [2.45, 2.75) is 58.6 Å². The number of rotatable bonds is 6. The van der Waals surface area contributed by atoms with E-state index in [0.29, 0.717) is 70.7 Å². The van der Waals surface area contributed by atoms with E-state index in [1.807, 2.05) is 38.7 Å². The fraction of sp³-hybridized carbons (Fsp3) is 0.406. The molecule has 2 heterocycles. The van der Waals surface area contributed by atoms with Crippen LogP contribution in [0, 0.1) is 12.3 Å². The van der Waals surface area contributed by atoms with Gasteiger partial charge in [-0.15, -0.1) is 0 Å². The third-order valence-corrected chi connectivity index (χ3v) is 10.3. The molecule has 1 fully saturated rings. The first-order valence-electron chi connectivity index (χ1n) is 14.4. The van der Waals surface area contributed by atoms with Gasteiger partial charge in [-0.05, 0) is 77.6 Å². The molecule has 0 unspecified atom stereocenters. The molecule has 44 heavy (non-hydrogen) atoms. The monoisotopic (exact) mass is 655 g/mol. The predicted octanol–water partition coefficient (Wildman–Crippen LogP) is 6.13. The average molecular weight is 657 g/mol. The van der Waals surface area contributed by atoms with E-state index < -0.39 is 33.4 Å². The molecule has 1 aliphatic heterocycles. The number of hydrogen-bond acceptors (Lipinski definition) is 8. The molecular weight excluding hydrogens is 621 g/mol. The summed E-state index contributed by atoms with van der Waals surface area (Å²) in [5.41, 5.74) is 9.90. The molecule has 2 aliphatic rings. The summed E-state index contributed by atoms with van der Waals surface area (Å²) >= 11 is 11.3. The van der Waals surface area contributed by atoms with Crippen molar-refractivity contribution < 1.29 is 18.9 Å². The van der Waals surface area contributed by atoms with Crippen LogP contribution in [-0.4, -0.2) is 56.6 Å². The van der Waals surface area contributed by atoms with Crippen LogP contribution in [0.4, 0.5) is 5.82 Å². The van der Waals surface area contributed by atoms with E-state index in [0.717, 1.165) is 16.8 Å². The molecule has 1 aromatic heterocycles. The summed E-state index contributed by atoms with van der Waals surface area (Å²) < 4.78 is 22.9. The van der Waals surface area contributed by atoms with E-state index in [9.17, 15) is 14.1 Å². The number of piperidine rings is 1. The van der Waals surface area contributed by atoms with Crippen LogP contribution in [-0.2, 0) is 22.5 Å². The molecule has 1 amide bonds. The second-order valence-electron chi connectivity index (χ2n) is 12.1. The highest BCUT2D eigenvalue weighted by Gasteiger charge is 2.48. The van der Waals surface area contributed by atoms with Gasteiger partial charge in [0.2, 0.25) is 5.91 Å². The number of aryl methyl sites for hydroxylation is 1. The zero-order chi connectivity index (χ0) is 32.0. The summed E-state index contributed by atoms with van der Waals surface area (Å²) in [6.45, 7) is 10.5. The Bertz CT molecular complexity index is 1670. The summed E-state index contributed by atoms with van der Waals surface area (Å²) in [5.74, 6) is -0.673. The minimum Gasteiger partial charge on any atom is -0.591 e. The Labute approximate surface area is 270 Å². The molecule has 0 radical (unpaired) electrons. The number of esters is 1. The number of fused-ring (bicyclic) bond motifs is 1. The molecule has 1 spiro atoms. The van der Waals surface area contributed by atoms with Gasteiger partial charge < -0.3 is 19.9 Å². The lowest BCUT2D eigenvalue weighted by atomic mass is 9.74. The second kappa shape index (κ2) is 12.3. The van der Waals surface area contributed by atoms with E-state index >= 15 is 0 Å². The molecule has 1 aliphatic carbocycles. The zero-order valence-electron chi connectivity index (χ0n) is 25.4. The second-order valence-corrected chi connectivity index (χ2v) is 14.8. The highest BCUT2D eigenvalue weighted by Crippen LogP contribution is 2.47. The summed E-state index contributed by atoms with van der Waals surface area (Å²) in [5, 5.41) is 0.701. The summed E-state index contributed by atoms with van der Waals surface area (Å²) in [6, 6.07) is 10.7. The minimum atomic E-state index is -1.51. The molecule has 0 saturated carbocycles. The number of ether oxygens (including phenoxy) is 1. The molecule has 1 saturated heterocycles. The van der Waals surface area contributed by atoms with Crippen molar-refractivity contribution in [3.05, 3.63) is 74.5 Å². The van der Waals surface area contributed by atoms with E-state index in [-0.39, 0.29) is 12.3 Å². The Kier molecular flexibility index (Phi) is 9.01. The normalized spacial score (nSPS) is 17.5. The van der Waals surface area contributed by atoms with Gasteiger partial charge in [0.15, 0.2) is 11.5 Å². The molecule has 5 rings (SSSR count). The quantitative estimate of drug-likeness (QED) is 0.249. The number of carbonyl (C=O) groups is 2. The molecule has 9 nitrogen and oxygen atoms in total. The maximum atomic E-state index is 13.3. The number of aromatic nitrogens is 2. The number of carbonyl (C=O) groups excluding carboxylic acids is 2. The van der Waals surface area contributed by atoms with Gasteiger partial charge in [-0.2, -0.15) is 0 Å². The lowest BCUT2D eigenvalue weighted by Gasteiger charge is -2.40. The molecule has 2 aromatic carbocycles. The molecule has 2 N–H and O–H groups in total. The molecular formula is C32H35Cl2N5O4S. The van der Waals surface area contributed by atoms with Crippen LogP contribution in [0.2, 0.25) is 10.0 Å². The van der Waals surface area contributed by atoms with Crippen LogP contribution in [0.15, 0.2) is 40.8 Å². The molecule has 232 valence electrons. The van der Waals surface area contributed by atoms with Gasteiger partial charge in [0.25, 0.3) is 0 Å². The fourth-order valence-corrected chi connectivity index (χ4v) is 6.89. The van der Waals surface area contributed by atoms with Gasteiger partial charge in [0, 0.05) is 35.2 Å². The standard InChI is InChI=1S/C32H35Cl2N5O4S/c1-6-43-30(41)26-29(36-18(2)25(37-26)21-8-7-9-23(33)24(21)34)39-14-12-32(13-15-39)17-20-11-10-19(28(35)40)16-22(20)27(32)38-44(42)31(3,4)5/h7-11,16H,6,12-15,17H2,1-5H3,(H2,35,40)/t44-/m1/s1. The number of hydrogen-bond donors (Lipinski definition) is 1. The third kappa shape index (κ3) is 6.05. The van der Waals surface area contributed by atoms with Crippen molar-refractivity contribution in [2.24, 2.45) is 15.5 Å². The Morgan fingerprint density at radius 1 is 1.14 bits per heavy atom. The first-order chi connectivity index (χ1) is 20.8. The Morgan fingerprint density at radius 2 is 1.84 bits per heavy atom. The summed E-state index contributed by atoms with van der Waals surface area (Å²) in [6.07, 6.45) is 1.99. The molecule has 0 bridgehead atoms. The van der Waals surface area contributed by atoms with Crippen LogP contribution in [0.5, 0.6) is 0 Å². The van der Waals surface area contributed by atoms with Gasteiger partial charge >= 0.3 is 5.97 Å². The van der Waals surface area contributed by atoms with E-state index in [1.54, 1.807) is 37.3 Å². The van der Waals surface area contributed by atoms with Gasteiger partial charge in [0.1, 0.15) is 21.8 Å². The van der Waals surface area contributed by atoms with E-state index in [2.05, 4.69) is 0 Å². The van der Waals surface area contributed by atoms with Crippen LogP contribution < -0.4 is 10.6 Å². The lowest BCUT2D eigenvalue weighted by Crippen LogP contribution is -2.45. The average Bonchev–Trinajstić information content (AvgIpc) is 3.26. The Morgan fingerprint density at radius 3 is 2.48 bits per heavy atom. The van der Waals surface area contributed by atoms with Crippen LogP contribution in [0.1, 0.15) is 78.2 Å². The Balaban J connectivity index is 1.52. The van der Waals surface area contributed by atoms with Gasteiger partial charge in [-0.1, -0.05) is 45.8 Å². The van der Waals surface area contributed by atoms with Gasteiger partial charge in [0.05, 0.1) is 28.0 Å². The summed E-state index contributed by atoms with van der Waals surface area (Å²) in [4.78, 5) is 36.9. The number of anilines is 1. The van der Waals surface area contributed by atoms with E-state index in [1.165, 1.54) is 0 Å². The van der Waals surface area contributed by atoms with Gasteiger partial charge in [-0.3, -0.25) is 4.79 Å². The van der Waals surface area contributed by atoms with Gasteiger partial charge in [-0.25, -0.2) is 14.8 Å². The smallest absolute Gasteiger partial charge is 0.360 e. The van der Waals surface area contributed by atoms with Crippen LogP contribution >= 0.6 is 23.2 Å². The topological polar surface area (TPSA) is 134 Å². The number of primary amides is 1. The summed E-state index contributed by atoms with van der Waals surface area (Å²) in [7, 11) is 0. The van der Waals surface area contributed by atoms with Crippen molar-refractivity contribution in [3.63, 3.8) is 0 Å². The lowest BCUT2D eigenvalue weighted by molar-refractivity contribution is 0.0519. The number of benzene rings is 2. The minimum absolute atomic E-state index is 0.1000. The zero-order valence-corrected chi connectivity index (χ0v) is 27.7. The van der Waals surface area contributed by atoms with Crippen LogP contribution in [0.3, 0.4) is 0 Å². The highest BCUT2D eigenvalue weighted by molar-refractivity contribution is 7.91. The first-order valence-corrected chi connectivity index (χ1v) is 16.3. The number of nitrogens with two attached hydrogens (primary N) is 1. The maximum absolute atomic E-state index is 13.3. The third-order valence-electron chi connectivity index (χ3n) is 8.13. The number of amides is 1. The first kappa shape index (κ1) is 32.2. The number of nitrogens with zero attached hydrogens (tertiary/aromatic N) is 4. The van der Waals surface area contributed by atoms with Crippen molar-refractivity contribution in [1.29, 1.82) is 0 Å². The van der Waals surface area contributed by atoms with Crippen molar-refractivity contribution in [3.8, 4) is 11.3 Å². The van der Waals surface area contributed by atoms with E-state index in [4.69, 9.17) is 48.0 Å². The molecule has 12 heteroatoms. The van der Waals surface area contributed by atoms with Crippen molar-refractivity contribution in [2.75, 3.05) is 24.6 Å². The predicted molar refractivity (Wildman–Crippen MR) is 175 cm³/mol. The molecule has 1 atom stereocenters. The SMILES string of the molecule is CCOC(=O)c1nc(-c2cccc(Cl)c2Cl)c(C)nc1N1CCC2(CC1)Cc1ccc(C(N)=O)cc1C2=N[S@+]([O-])C(C)(C)C. The van der Waals surface area contributed by atoms with Crippen molar-refractivity contribution >= 4 is 58.0 Å². The Hall–Kier alpha value is -3.18. The number of halogens is 2. The molecule has 3 aromatic rings. The van der Waals surface area contributed by atoms with Crippen LogP contribution in [0.25, 0.3) is 11.3 Å². The highest BCUT2D eigenvalue weighted by atomic mass is 35.5. The fourth-order valence-electron chi connectivity index (χ4n) is 5.77. The maximum Gasteiger partial charge on any atom is 0.360 e. The largest absolute Gasteiger partial charge is 0.591 e. The van der Waals surface area contributed by atoms with Crippen molar-refractivity contribution in [1.82, 2.24) is 9.97 Å².